The van der Waals surface area contributed by atoms with E-state index in [0.717, 1.165) is 48.1 Å². The maximum Gasteiger partial charge on any atom is 0.145 e. The average molecular weight is 1080 g/mol. The lowest BCUT2D eigenvalue weighted by molar-refractivity contribution is 0.280. The van der Waals surface area contributed by atoms with Gasteiger partial charge >= 0.3 is 0 Å². The van der Waals surface area contributed by atoms with Crippen molar-refractivity contribution in [2.75, 3.05) is 32.2 Å². The van der Waals surface area contributed by atoms with Gasteiger partial charge in [-0.2, -0.15) is 0 Å². The molecule has 3 N–H and O–H groups in total. The summed E-state index contributed by atoms with van der Waals surface area (Å²) in [6.45, 7) is 8.40. The molecule has 2 atom stereocenters. The molecule has 3 aromatic carbocycles. The molecular formula is C28H30I5NO4. The summed E-state index contributed by atoms with van der Waals surface area (Å²) in [5.41, 5.74) is 10.4. The SMILES string of the molecule is CCO.CCOc1ccc(C(C)(c2cc(I)c(N)c(I)c2)c2cc(I)c(OCCC3CO3)c(I)c2)cc1I. The summed E-state index contributed by atoms with van der Waals surface area (Å²) in [6.07, 6.45) is 1.30. The largest absolute Gasteiger partial charge is 0.493 e. The average Bonchev–Trinajstić information content (AvgIpc) is 3.69. The van der Waals surface area contributed by atoms with E-state index in [-0.39, 0.29) is 6.61 Å². The minimum absolute atomic E-state index is 0.250. The Balaban J connectivity index is 0.00000127. The number of aliphatic hydroxyl groups excluding tert-OH is 1. The summed E-state index contributed by atoms with van der Waals surface area (Å²) in [7, 11) is 0. The zero-order valence-electron chi connectivity index (χ0n) is 21.3. The normalized spacial score (nSPS) is 15.8. The van der Waals surface area contributed by atoms with Crippen LogP contribution in [-0.2, 0) is 10.2 Å². The van der Waals surface area contributed by atoms with Gasteiger partial charge in [-0.15, -0.1) is 0 Å². The zero-order valence-corrected chi connectivity index (χ0v) is 32.1. The molecule has 38 heavy (non-hydrogen) atoms. The second-order valence-electron chi connectivity index (χ2n) is 8.73. The maximum absolute atomic E-state index is 7.57. The molecule has 10 heteroatoms. The maximum atomic E-state index is 7.57. The Morgan fingerprint density at radius 1 is 0.868 bits per heavy atom. The van der Waals surface area contributed by atoms with Crippen molar-refractivity contribution in [2.24, 2.45) is 0 Å². The van der Waals surface area contributed by atoms with Gasteiger partial charge < -0.3 is 25.1 Å². The molecule has 0 spiro atoms. The first-order valence-electron chi connectivity index (χ1n) is 12.1. The lowest BCUT2D eigenvalue weighted by Crippen LogP contribution is -2.27. The van der Waals surface area contributed by atoms with E-state index in [9.17, 15) is 0 Å². The molecule has 1 saturated heterocycles. The molecule has 1 aliphatic heterocycles. The molecule has 0 bridgehead atoms. The van der Waals surface area contributed by atoms with Gasteiger partial charge in [0.15, 0.2) is 0 Å². The first-order chi connectivity index (χ1) is 18.1. The summed E-state index contributed by atoms with van der Waals surface area (Å²) in [5, 5.41) is 7.57. The molecule has 0 amide bonds. The monoisotopic (exact) mass is 1080 g/mol. The van der Waals surface area contributed by atoms with Crippen LogP contribution in [0.2, 0.25) is 0 Å². The van der Waals surface area contributed by atoms with Crippen LogP contribution in [0.1, 0.15) is 43.9 Å². The first-order valence-corrected chi connectivity index (χ1v) is 17.5. The number of rotatable bonds is 9. The molecule has 0 aliphatic carbocycles. The minimum atomic E-state index is -0.404. The fourth-order valence-corrected chi connectivity index (χ4v) is 8.49. The molecule has 1 fully saturated rings. The number of anilines is 1. The quantitative estimate of drug-likeness (QED) is 0.0979. The summed E-state index contributed by atoms with van der Waals surface area (Å²) in [4.78, 5) is 0. The third kappa shape index (κ3) is 8.13. The summed E-state index contributed by atoms with van der Waals surface area (Å²) in [5.74, 6) is 1.86. The van der Waals surface area contributed by atoms with Crippen LogP contribution < -0.4 is 15.2 Å². The summed E-state index contributed by atoms with van der Waals surface area (Å²) >= 11 is 11.8. The van der Waals surface area contributed by atoms with Crippen LogP contribution in [0.4, 0.5) is 5.69 Å². The van der Waals surface area contributed by atoms with Crippen molar-refractivity contribution >= 4 is 119 Å². The number of aliphatic hydroxyl groups is 1. The van der Waals surface area contributed by atoms with Gasteiger partial charge in [0.05, 0.1) is 42.3 Å². The third-order valence-corrected chi connectivity index (χ3v) is 10.4. The fraction of sp³-hybridized carbons (Fsp3) is 0.357. The highest BCUT2D eigenvalue weighted by Crippen LogP contribution is 2.45. The molecular weight excluding hydrogens is 1050 g/mol. The molecule has 0 aromatic heterocycles. The number of benzene rings is 3. The van der Waals surface area contributed by atoms with E-state index in [4.69, 9.17) is 25.1 Å². The predicted molar refractivity (Wildman–Crippen MR) is 197 cm³/mol. The van der Waals surface area contributed by atoms with E-state index in [2.05, 4.69) is 162 Å². The van der Waals surface area contributed by atoms with Crippen LogP contribution >= 0.6 is 113 Å². The molecule has 3 aromatic rings. The molecule has 4 rings (SSSR count). The standard InChI is InChI=1S/C26H24I5NO3.C2H6O/c1-3-33-23-5-4-14(8-18(23)27)26(2,15-9-19(28)24(32)20(29)10-15)16-11-21(30)25(22(31)12-16)34-7-6-17-13-35-17;1-2-3/h4-5,8-12,17H,3,6-7,13,32H2,1-2H3;3H,2H2,1H3. The molecule has 206 valence electrons. The van der Waals surface area contributed by atoms with E-state index < -0.39 is 5.41 Å². The van der Waals surface area contributed by atoms with E-state index in [1.165, 1.54) is 16.7 Å². The molecule has 1 aliphatic rings. The number of ether oxygens (including phenoxy) is 3. The lowest BCUT2D eigenvalue weighted by Gasteiger charge is -2.33. The number of halogens is 5. The predicted octanol–water partition coefficient (Wildman–Crippen LogP) is 8.21. The number of hydrogen-bond acceptors (Lipinski definition) is 5. The lowest BCUT2D eigenvalue weighted by atomic mass is 9.71. The van der Waals surface area contributed by atoms with Crippen molar-refractivity contribution in [3.63, 3.8) is 0 Å². The van der Waals surface area contributed by atoms with Crippen molar-refractivity contribution in [2.45, 2.75) is 38.7 Å². The Labute approximate surface area is 293 Å². The first kappa shape index (κ1) is 33.1. The Morgan fingerprint density at radius 3 is 1.84 bits per heavy atom. The van der Waals surface area contributed by atoms with Gasteiger partial charge in [0.1, 0.15) is 11.5 Å². The minimum Gasteiger partial charge on any atom is -0.493 e. The van der Waals surface area contributed by atoms with Crippen LogP contribution in [0, 0.1) is 17.9 Å². The number of epoxide rings is 1. The van der Waals surface area contributed by atoms with Gasteiger partial charge in [-0.05, 0) is 187 Å². The molecule has 0 saturated carbocycles. The molecule has 0 radical (unpaired) electrons. The van der Waals surface area contributed by atoms with Crippen molar-refractivity contribution in [1.82, 2.24) is 0 Å². The Hall–Kier alpha value is 0.630. The van der Waals surface area contributed by atoms with Crippen molar-refractivity contribution in [3.8, 4) is 11.5 Å². The van der Waals surface area contributed by atoms with Crippen LogP contribution in [0.15, 0.2) is 42.5 Å². The van der Waals surface area contributed by atoms with Crippen molar-refractivity contribution in [1.29, 1.82) is 0 Å². The van der Waals surface area contributed by atoms with E-state index in [1.807, 2.05) is 6.92 Å². The third-order valence-electron chi connectivity index (χ3n) is 6.13. The van der Waals surface area contributed by atoms with Gasteiger partial charge in [-0.1, -0.05) is 6.07 Å². The Bertz CT molecular complexity index is 1220. The number of hydrogen-bond donors (Lipinski definition) is 2. The van der Waals surface area contributed by atoms with Crippen molar-refractivity contribution in [3.05, 3.63) is 77.0 Å². The van der Waals surface area contributed by atoms with E-state index in [0.29, 0.717) is 19.3 Å². The molecule has 1 heterocycles. The van der Waals surface area contributed by atoms with Crippen LogP contribution in [0.25, 0.3) is 0 Å². The zero-order chi connectivity index (χ0) is 28.0. The summed E-state index contributed by atoms with van der Waals surface area (Å²) < 4.78 is 22.8. The Morgan fingerprint density at radius 2 is 1.37 bits per heavy atom. The molecule has 2 unspecified atom stereocenters. The van der Waals surface area contributed by atoms with E-state index >= 15 is 0 Å². The van der Waals surface area contributed by atoms with E-state index in [1.54, 1.807) is 6.92 Å². The topological polar surface area (TPSA) is 77.2 Å². The van der Waals surface area contributed by atoms with Gasteiger partial charge in [0.2, 0.25) is 0 Å². The van der Waals surface area contributed by atoms with Gasteiger partial charge in [-0.3, -0.25) is 0 Å². The highest BCUT2D eigenvalue weighted by atomic mass is 127. The number of nitrogen functional groups attached to an aromatic ring is 1. The fourth-order valence-electron chi connectivity index (χ4n) is 3.97. The van der Waals surface area contributed by atoms with Crippen molar-refractivity contribution < 1.29 is 19.3 Å². The van der Waals surface area contributed by atoms with Crippen LogP contribution in [-0.4, -0.2) is 37.6 Å². The second-order valence-corrected chi connectivity index (χ2v) is 14.5. The molecule has 5 nitrogen and oxygen atoms in total. The highest BCUT2D eigenvalue weighted by Gasteiger charge is 2.34. The van der Waals surface area contributed by atoms with Crippen LogP contribution in [0.5, 0.6) is 11.5 Å². The second kappa shape index (κ2) is 15.2. The van der Waals surface area contributed by atoms with Gasteiger partial charge in [0.25, 0.3) is 0 Å². The van der Waals surface area contributed by atoms with Gasteiger partial charge in [0, 0.05) is 25.6 Å². The van der Waals surface area contributed by atoms with Gasteiger partial charge in [-0.25, -0.2) is 0 Å². The van der Waals surface area contributed by atoms with Crippen LogP contribution in [0.3, 0.4) is 0 Å². The Kier molecular flexibility index (Phi) is 13.3. The summed E-state index contributed by atoms with van der Waals surface area (Å²) in [6, 6.07) is 15.4. The highest BCUT2D eigenvalue weighted by molar-refractivity contribution is 14.1. The smallest absolute Gasteiger partial charge is 0.145 e. The number of nitrogens with two attached hydrogens (primary N) is 1.